The quantitative estimate of drug-likeness (QED) is 0.463. The van der Waals surface area contributed by atoms with Gasteiger partial charge in [-0.1, -0.05) is 48.0 Å². The Bertz CT molecular complexity index is 1050. The van der Waals surface area contributed by atoms with Gasteiger partial charge < -0.3 is 24.8 Å². The molecule has 1 heterocycles. The molecule has 2 atom stereocenters. The fourth-order valence-corrected chi connectivity index (χ4v) is 3.26. The average molecular weight is 445 g/mol. The van der Waals surface area contributed by atoms with Crippen LogP contribution in [0.15, 0.2) is 59.1 Å². The summed E-state index contributed by atoms with van der Waals surface area (Å²) >= 11 is 6.05. The van der Waals surface area contributed by atoms with Crippen molar-refractivity contribution in [2.45, 2.75) is 25.0 Å². The largest absolute Gasteiger partial charge is 0.479 e. The van der Waals surface area contributed by atoms with Crippen LogP contribution in [-0.2, 0) is 11.2 Å². The van der Waals surface area contributed by atoms with Crippen LogP contribution in [-0.4, -0.2) is 46.5 Å². The zero-order valence-electron chi connectivity index (χ0n) is 16.6. The molecule has 0 aliphatic heterocycles. The third kappa shape index (κ3) is 6.07. The molecule has 1 amide bonds. The second-order valence-corrected chi connectivity index (χ2v) is 7.34. The van der Waals surface area contributed by atoms with Gasteiger partial charge in [-0.15, -0.1) is 0 Å². The van der Waals surface area contributed by atoms with Crippen molar-refractivity contribution in [3.8, 4) is 17.0 Å². The number of carboxylic acids is 1. The Hall–Kier alpha value is -3.36. The Balaban J connectivity index is 1.74. The minimum Gasteiger partial charge on any atom is -0.479 e. The van der Waals surface area contributed by atoms with E-state index in [0.717, 1.165) is 16.7 Å². The van der Waals surface area contributed by atoms with E-state index < -0.39 is 24.0 Å². The average Bonchev–Trinajstić information content (AvgIpc) is 3.23. The van der Waals surface area contributed by atoms with E-state index in [1.54, 1.807) is 6.07 Å². The fourth-order valence-electron chi connectivity index (χ4n) is 3.07. The van der Waals surface area contributed by atoms with Crippen LogP contribution >= 0.6 is 11.6 Å². The molecule has 0 saturated carbocycles. The maximum atomic E-state index is 12.5. The number of carbonyl (C=O) groups excluding carboxylic acids is 1. The van der Waals surface area contributed by atoms with Crippen molar-refractivity contribution in [3.63, 3.8) is 0 Å². The second kappa shape index (κ2) is 10.1. The normalized spacial score (nSPS) is 12.7. The monoisotopic (exact) mass is 444 g/mol. The van der Waals surface area contributed by atoms with Gasteiger partial charge in [-0.25, -0.2) is 4.79 Å². The number of methoxy groups -OCH3 is 1. The number of halogens is 1. The number of ether oxygens (including phenoxy) is 1. The first-order valence-corrected chi connectivity index (χ1v) is 9.81. The molecule has 1 aromatic heterocycles. The molecule has 8 nitrogen and oxygen atoms in total. The molecule has 0 aliphatic rings. The van der Waals surface area contributed by atoms with Crippen molar-refractivity contribution < 1.29 is 29.1 Å². The Morgan fingerprint density at radius 1 is 1.16 bits per heavy atom. The molecule has 1 unspecified atom stereocenters. The molecule has 2 aromatic carbocycles. The molecule has 0 saturated heterocycles. The lowest BCUT2D eigenvalue weighted by Crippen LogP contribution is -2.40. The Morgan fingerprint density at radius 2 is 1.90 bits per heavy atom. The lowest BCUT2D eigenvalue weighted by molar-refractivity contribution is -0.147. The second-order valence-electron chi connectivity index (χ2n) is 6.91. The highest BCUT2D eigenvalue weighted by molar-refractivity contribution is 6.30. The molecule has 162 valence electrons. The third-order valence-corrected chi connectivity index (χ3v) is 4.88. The van der Waals surface area contributed by atoms with E-state index in [1.807, 2.05) is 42.5 Å². The lowest BCUT2D eigenvalue weighted by Gasteiger charge is -2.20. The molecular weight excluding hydrogens is 424 g/mol. The maximum Gasteiger partial charge on any atom is 0.332 e. The number of nitrogens with zero attached hydrogens (tertiary/aromatic N) is 1. The van der Waals surface area contributed by atoms with Gasteiger partial charge in [0, 0.05) is 17.5 Å². The smallest absolute Gasteiger partial charge is 0.332 e. The molecule has 3 N–H and O–H groups in total. The summed E-state index contributed by atoms with van der Waals surface area (Å²) in [7, 11) is 1.39. The first kappa shape index (κ1) is 22.3. The van der Waals surface area contributed by atoms with Crippen molar-refractivity contribution >= 4 is 23.5 Å². The van der Waals surface area contributed by atoms with E-state index in [9.17, 15) is 14.7 Å². The number of carbonyl (C=O) groups is 2. The SMILES string of the molecule is COc1cc(C(=O)NC(Cc2ccc(-c3cccc(Cl)c3)cc2)C[C@@H](O)C(=O)O)on1. The number of aliphatic carboxylic acids is 1. The predicted octanol–water partition coefficient (Wildman–Crippen LogP) is 3.18. The molecule has 0 fully saturated rings. The number of hydrogen-bond acceptors (Lipinski definition) is 6. The number of amides is 1. The summed E-state index contributed by atoms with van der Waals surface area (Å²) in [4.78, 5) is 23.6. The molecule has 0 spiro atoms. The highest BCUT2D eigenvalue weighted by Gasteiger charge is 2.24. The zero-order chi connectivity index (χ0) is 22.4. The van der Waals surface area contributed by atoms with Crippen molar-refractivity contribution in [2.75, 3.05) is 7.11 Å². The van der Waals surface area contributed by atoms with Crippen LogP contribution in [0.2, 0.25) is 5.02 Å². The Labute approximate surface area is 183 Å². The summed E-state index contributed by atoms with van der Waals surface area (Å²) in [5, 5.41) is 25.7. The van der Waals surface area contributed by atoms with Gasteiger partial charge in [-0.3, -0.25) is 4.79 Å². The van der Waals surface area contributed by atoms with Crippen LogP contribution in [0.1, 0.15) is 22.5 Å². The van der Waals surface area contributed by atoms with Crippen LogP contribution in [0.4, 0.5) is 0 Å². The minimum atomic E-state index is -1.62. The maximum absolute atomic E-state index is 12.5. The number of carboxylic acid groups (broad SMARTS) is 1. The highest BCUT2D eigenvalue weighted by atomic mass is 35.5. The minimum absolute atomic E-state index is 0.0806. The van der Waals surface area contributed by atoms with E-state index in [4.69, 9.17) is 26.0 Å². The number of benzene rings is 2. The molecule has 9 heteroatoms. The van der Waals surface area contributed by atoms with Crippen LogP contribution in [0, 0.1) is 0 Å². The summed E-state index contributed by atoms with van der Waals surface area (Å²) in [6.07, 6.45) is -1.50. The van der Waals surface area contributed by atoms with E-state index in [0.29, 0.717) is 11.4 Å². The Morgan fingerprint density at radius 3 is 2.52 bits per heavy atom. The van der Waals surface area contributed by atoms with E-state index in [-0.39, 0.29) is 18.1 Å². The van der Waals surface area contributed by atoms with Gasteiger partial charge in [0.1, 0.15) is 0 Å². The molecule has 31 heavy (non-hydrogen) atoms. The number of aliphatic hydroxyl groups is 1. The molecule has 3 aromatic rings. The number of nitrogens with one attached hydrogen (secondary N) is 1. The highest BCUT2D eigenvalue weighted by Crippen LogP contribution is 2.23. The first-order chi connectivity index (χ1) is 14.9. The number of rotatable bonds is 9. The standard InChI is InChI=1S/C22H21ClN2O6/c1-30-20-12-19(31-25-20)21(27)24-17(11-18(26)22(28)29)9-13-5-7-14(8-6-13)15-3-2-4-16(23)10-15/h2-8,10,12,17-18,26H,9,11H2,1H3,(H,24,27)(H,28,29)/t17?,18-/m1/s1. The van der Waals surface area contributed by atoms with Crippen molar-refractivity contribution in [1.29, 1.82) is 0 Å². The first-order valence-electron chi connectivity index (χ1n) is 9.43. The van der Waals surface area contributed by atoms with Gasteiger partial charge in [0.05, 0.1) is 13.2 Å². The summed E-state index contributed by atoms with van der Waals surface area (Å²) < 4.78 is 9.80. The van der Waals surface area contributed by atoms with Gasteiger partial charge in [0.25, 0.3) is 11.8 Å². The van der Waals surface area contributed by atoms with Gasteiger partial charge >= 0.3 is 5.97 Å². The number of aromatic nitrogens is 1. The molecule has 0 radical (unpaired) electrons. The van der Waals surface area contributed by atoms with Gasteiger partial charge in [-0.05, 0) is 40.4 Å². The van der Waals surface area contributed by atoms with Crippen molar-refractivity contribution in [1.82, 2.24) is 10.5 Å². The summed E-state index contributed by atoms with van der Waals surface area (Å²) in [6, 6.07) is 15.7. The fraction of sp³-hybridized carbons (Fsp3) is 0.227. The van der Waals surface area contributed by atoms with Crippen molar-refractivity contribution in [3.05, 3.63) is 70.9 Å². The van der Waals surface area contributed by atoms with Gasteiger partial charge in [-0.2, -0.15) is 0 Å². The molecular formula is C22H21ClN2O6. The van der Waals surface area contributed by atoms with E-state index in [2.05, 4.69) is 10.5 Å². The Kier molecular flexibility index (Phi) is 7.28. The molecule has 0 aliphatic carbocycles. The molecule has 3 rings (SSSR count). The summed E-state index contributed by atoms with van der Waals surface area (Å²) in [6.45, 7) is 0. The van der Waals surface area contributed by atoms with Crippen LogP contribution in [0.5, 0.6) is 5.88 Å². The summed E-state index contributed by atoms with van der Waals surface area (Å²) in [5.41, 5.74) is 2.78. The zero-order valence-corrected chi connectivity index (χ0v) is 17.4. The van der Waals surface area contributed by atoms with Crippen LogP contribution in [0.25, 0.3) is 11.1 Å². The van der Waals surface area contributed by atoms with E-state index in [1.165, 1.54) is 13.2 Å². The van der Waals surface area contributed by atoms with Gasteiger partial charge in [0.15, 0.2) is 6.10 Å². The molecule has 0 bridgehead atoms. The van der Waals surface area contributed by atoms with Gasteiger partial charge in [0.2, 0.25) is 5.76 Å². The number of aliphatic hydroxyl groups excluding tert-OH is 1. The van der Waals surface area contributed by atoms with Crippen molar-refractivity contribution in [2.24, 2.45) is 0 Å². The topological polar surface area (TPSA) is 122 Å². The number of hydrogen-bond donors (Lipinski definition) is 3. The van der Waals surface area contributed by atoms with E-state index >= 15 is 0 Å². The van der Waals surface area contributed by atoms with Crippen LogP contribution in [0.3, 0.4) is 0 Å². The predicted molar refractivity (Wildman–Crippen MR) is 113 cm³/mol. The lowest BCUT2D eigenvalue weighted by atomic mass is 9.97. The van der Waals surface area contributed by atoms with Crippen LogP contribution < -0.4 is 10.1 Å². The summed E-state index contributed by atoms with van der Waals surface area (Å²) in [5.74, 6) is -1.89. The third-order valence-electron chi connectivity index (χ3n) is 4.64.